The van der Waals surface area contributed by atoms with Crippen molar-refractivity contribution in [1.82, 2.24) is 9.80 Å². The van der Waals surface area contributed by atoms with E-state index in [1.54, 1.807) is 9.80 Å². The average Bonchev–Trinajstić information content (AvgIpc) is 3.25. The minimum Gasteiger partial charge on any atom is -0.360 e. The van der Waals surface area contributed by atoms with E-state index in [0.29, 0.717) is 6.54 Å². The van der Waals surface area contributed by atoms with E-state index in [1.165, 1.54) is 17.0 Å². The van der Waals surface area contributed by atoms with Crippen molar-refractivity contribution in [2.75, 3.05) is 50.7 Å². The molecule has 0 bridgehead atoms. The van der Waals surface area contributed by atoms with Crippen LogP contribution < -0.4 is 9.80 Å². The van der Waals surface area contributed by atoms with Crippen molar-refractivity contribution in [3.63, 3.8) is 0 Å². The molecular formula is C20H28FN4O2+. The molecule has 1 aromatic rings. The van der Waals surface area contributed by atoms with Gasteiger partial charge in [0, 0.05) is 18.8 Å². The monoisotopic (exact) mass is 375 g/mol. The van der Waals surface area contributed by atoms with Gasteiger partial charge in [0.2, 0.25) is 0 Å². The lowest BCUT2D eigenvalue weighted by Gasteiger charge is -2.33. The molecule has 4 rings (SSSR count). The lowest BCUT2D eigenvalue weighted by molar-refractivity contribution is -0.900. The molecule has 0 aromatic heterocycles. The van der Waals surface area contributed by atoms with Crippen LogP contribution in [0, 0.1) is 5.82 Å². The highest BCUT2D eigenvalue weighted by Crippen LogP contribution is 2.27. The van der Waals surface area contributed by atoms with Gasteiger partial charge in [0.25, 0.3) is 5.91 Å². The fourth-order valence-corrected chi connectivity index (χ4v) is 4.52. The van der Waals surface area contributed by atoms with Crippen molar-refractivity contribution in [1.29, 1.82) is 0 Å². The highest BCUT2D eigenvalue weighted by molar-refractivity contribution is 6.04. The molecule has 3 amide bonds. The SMILES string of the molecule is O=C1[C@H]2CCCN2C(=O)N1CCCC[NH+]1CCN(c2ccc(F)cc2)CC1. The van der Waals surface area contributed by atoms with Crippen LogP contribution in [-0.2, 0) is 4.79 Å². The second-order valence-electron chi connectivity index (χ2n) is 7.79. The summed E-state index contributed by atoms with van der Waals surface area (Å²) in [6.45, 7) is 6.43. The van der Waals surface area contributed by atoms with Crippen LogP contribution in [0.1, 0.15) is 25.7 Å². The fourth-order valence-electron chi connectivity index (χ4n) is 4.52. The first-order chi connectivity index (χ1) is 13.1. The van der Waals surface area contributed by atoms with Crippen LogP contribution in [0.15, 0.2) is 24.3 Å². The quantitative estimate of drug-likeness (QED) is 0.589. The molecule has 0 saturated carbocycles. The Labute approximate surface area is 159 Å². The number of nitrogens with zero attached hydrogens (tertiary/aromatic N) is 3. The molecule has 6 nitrogen and oxygen atoms in total. The number of carbonyl (C=O) groups excluding carboxylic acids is 2. The van der Waals surface area contributed by atoms with E-state index in [2.05, 4.69) is 4.90 Å². The van der Waals surface area contributed by atoms with E-state index >= 15 is 0 Å². The molecule has 0 radical (unpaired) electrons. The number of anilines is 1. The predicted molar refractivity (Wildman–Crippen MR) is 100 cm³/mol. The number of quaternary nitrogens is 1. The van der Waals surface area contributed by atoms with Gasteiger partial charge in [-0.05, 0) is 49.9 Å². The van der Waals surface area contributed by atoms with Gasteiger partial charge in [-0.15, -0.1) is 0 Å². The Balaban J connectivity index is 1.16. The number of benzene rings is 1. The van der Waals surface area contributed by atoms with Crippen LogP contribution in [0.4, 0.5) is 14.9 Å². The summed E-state index contributed by atoms with van der Waals surface area (Å²) in [5.74, 6) is -0.184. The first-order valence-electron chi connectivity index (χ1n) is 10.1. The second-order valence-corrected chi connectivity index (χ2v) is 7.79. The van der Waals surface area contributed by atoms with Gasteiger partial charge in [0.1, 0.15) is 11.9 Å². The first kappa shape index (κ1) is 18.2. The lowest BCUT2D eigenvalue weighted by Crippen LogP contribution is -3.14. The zero-order valence-electron chi connectivity index (χ0n) is 15.7. The topological polar surface area (TPSA) is 48.3 Å². The second kappa shape index (κ2) is 7.84. The predicted octanol–water partition coefficient (Wildman–Crippen LogP) is 0.737. The van der Waals surface area contributed by atoms with E-state index in [1.807, 2.05) is 12.1 Å². The van der Waals surface area contributed by atoms with E-state index in [0.717, 1.165) is 70.6 Å². The van der Waals surface area contributed by atoms with Crippen LogP contribution in [0.2, 0.25) is 0 Å². The number of fused-ring (bicyclic) bond motifs is 1. The van der Waals surface area contributed by atoms with Crippen molar-refractivity contribution in [2.24, 2.45) is 0 Å². The molecule has 3 fully saturated rings. The Morgan fingerprint density at radius 1 is 1.04 bits per heavy atom. The molecule has 0 aliphatic carbocycles. The third-order valence-corrected chi connectivity index (χ3v) is 6.10. The molecule has 3 heterocycles. The maximum absolute atomic E-state index is 13.0. The summed E-state index contributed by atoms with van der Waals surface area (Å²) in [4.78, 5) is 31.7. The minimum atomic E-state index is -0.196. The lowest BCUT2D eigenvalue weighted by atomic mass is 10.2. The minimum absolute atomic E-state index is 0.0118. The molecule has 1 atom stereocenters. The van der Waals surface area contributed by atoms with Crippen LogP contribution in [0.25, 0.3) is 0 Å². The van der Waals surface area contributed by atoms with Crippen LogP contribution in [-0.4, -0.2) is 73.6 Å². The third-order valence-electron chi connectivity index (χ3n) is 6.10. The van der Waals surface area contributed by atoms with E-state index in [9.17, 15) is 14.0 Å². The van der Waals surface area contributed by atoms with E-state index < -0.39 is 0 Å². The normalized spacial score (nSPS) is 23.4. The summed E-state index contributed by atoms with van der Waals surface area (Å²) in [7, 11) is 0. The third kappa shape index (κ3) is 3.78. The smallest absolute Gasteiger partial charge is 0.327 e. The zero-order valence-corrected chi connectivity index (χ0v) is 15.7. The summed E-state index contributed by atoms with van der Waals surface area (Å²) in [6.07, 6.45) is 3.67. The maximum Gasteiger partial charge on any atom is 0.327 e. The molecule has 146 valence electrons. The number of carbonyl (C=O) groups is 2. The van der Waals surface area contributed by atoms with Gasteiger partial charge >= 0.3 is 6.03 Å². The number of unbranched alkanes of at least 4 members (excludes halogenated alkanes) is 1. The Kier molecular flexibility index (Phi) is 5.29. The number of hydrogen-bond donors (Lipinski definition) is 1. The molecule has 0 unspecified atom stereocenters. The molecular weight excluding hydrogens is 347 g/mol. The number of nitrogens with one attached hydrogen (secondary N) is 1. The summed E-state index contributed by atoms with van der Waals surface area (Å²) < 4.78 is 13.0. The highest BCUT2D eigenvalue weighted by Gasteiger charge is 2.46. The van der Waals surface area contributed by atoms with Crippen LogP contribution in [0.5, 0.6) is 0 Å². The average molecular weight is 375 g/mol. The van der Waals surface area contributed by atoms with Gasteiger partial charge in [0.05, 0.1) is 32.7 Å². The molecule has 3 aliphatic heterocycles. The van der Waals surface area contributed by atoms with Gasteiger partial charge in [0.15, 0.2) is 0 Å². The van der Waals surface area contributed by atoms with Gasteiger partial charge in [-0.3, -0.25) is 9.69 Å². The molecule has 3 saturated heterocycles. The van der Waals surface area contributed by atoms with Crippen LogP contribution >= 0.6 is 0 Å². The van der Waals surface area contributed by atoms with Gasteiger partial charge in [-0.2, -0.15) is 0 Å². The largest absolute Gasteiger partial charge is 0.360 e. The maximum atomic E-state index is 13.0. The number of hydrogen-bond acceptors (Lipinski definition) is 3. The molecule has 1 N–H and O–H groups in total. The zero-order chi connectivity index (χ0) is 18.8. The molecule has 3 aliphatic rings. The van der Waals surface area contributed by atoms with Crippen molar-refractivity contribution in [3.05, 3.63) is 30.1 Å². The number of amides is 3. The summed E-state index contributed by atoms with van der Waals surface area (Å²) in [5.41, 5.74) is 1.09. The van der Waals surface area contributed by atoms with Crippen molar-refractivity contribution >= 4 is 17.6 Å². The molecule has 7 heteroatoms. The Morgan fingerprint density at radius 2 is 1.78 bits per heavy atom. The molecule has 1 aromatic carbocycles. The fraction of sp³-hybridized carbons (Fsp3) is 0.600. The van der Waals surface area contributed by atoms with E-state index in [4.69, 9.17) is 0 Å². The van der Waals surface area contributed by atoms with Gasteiger partial charge in [-0.1, -0.05) is 0 Å². The summed E-state index contributed by atoms with van der Waals surface area (Å²) in [5, 5.41) is 0. The number of halogens is 1. The standard InChI is InChI=1S/C20H27FN4O2/c21-16-5-7-17(8-6-16)23-14-12-22(13-15-23)9-1-2-10-25-19(26)18-4-3-11-24(18)20(25)27/h5-8,18H,1-4,9-15H2/p+1/t18-/m1/s1. The van der Waals surface area contributed by atoms with Gasteiger partial charge < -0.3 is 14.7 Å². The number of piperazine rings is 1. The molecule has 27 heavy (non-hydrogen) atoms. The first-order valence-corrected chi connectivity index (χ1v) is 10.1. The Morgan fingerprint density at radius 3 is 2.48 bits per heavy atom. The number of urea groups is 1. The van der Waals surface area contributed by atoms with Crippen LogP contribution in [0.3, 0.4) is 0 Å². The highest BCUT2D eigenvalue weighted by atomic mass is 19.1. The van der Waals surface area contributed by atoms with Crippen molar-refractivity contribution in [2.45, 2.75) is 31.7 Å². The number of imide groups is 1. The van der Waals surface area contributed by atoms with E-state index in [-0.39, 0.29) is 23.8 Å². The van der Waals surface area contributed by atoms with Crippen molar-refractivity contribution in [3.8, 4) is 0 Å². The Hall–Kier alpha value is -2.15. The summed E-state index contributed by atoms with van der Waals surface area (Å²) >= 11 is 0. The Bertz CT molecular complexity index is 666. The number of rotatable bonds is 6. The molecule has 0 spiro atoms. The van der Waals surface area contributed by atoms with Gasteiger partial charge in [-0.25, -0.2) is 9.18 Å². The summed E-state index contributed by atoms with van der Waals surface area (Å²) in [6, 6.07) is 6.46. The van der Waals surface area contributed by atoms with Crippen molar-refractivity contribution < 1.29 is 18.9 Å².